The first-order chi connectivity index (χ1) is 27.5. The summed E-state index contributed by atoms with van der Waals surface area (Å²) in [6.45, 7) is 6.33. The number of aliphatic hydroxyl groups excluding tert-OH is 2. The minimum Gasteiger partial charge on any atom is -0.462 e. The molecule has 6 heteroatoms. The van der Waals surface area contributed by atoms with Crippen molar-refractivity contribution in [2.45, 2.75) is 251 Å². The summed E-state index contributed by atoms with van der Waals surface area (Å²) in [7, 11) is 0. The monoisotopic (exact) mass is 786 g/mol. The SMILES string of the molecule is CC/C=C/C/C=C/C/C=C/CCCCCCC(=O)OC(CCCCC/C=C/CCCCCCCCC)CC(=O)NC(CO)C(O)CCCCCCCCCCC. The molecule has 0 heterocycles. The molecule has 0 aliphatic heterocycles. The Balaban J connectivity index is 4.66. The van der Waals surface area contributed by atoms with Crippen LogP contribution in [-0.2, 0) is 14.3 Å². The fourth-order valence-electron chi connectivity index (χ4n) is 7.03. The Morgan fingerprint density at radius 3 is 1.50 bits per heavy atom. The van der Waals surface area contributed by atoms with Gasteiger partial charge in [0, 0.05) is 6.42 Å². The summed E-state index contributed by atoms with van der Waals surface area (Å²) in [6.07, 6.45) is 51.7. The second kappa shape index (κ2) is 43.9. The highest BCUT2D eigenvalue weighted by molar-refractivity contribution is 5.77. The maximum absolute atomic E-state index is 13.1. The molecule has 0 aliphatic carbocycles. The first kappa shape index (κ1) is 53.8. The number of rotatable bonds is 42. The maximum atomic E-state index is 13.1. The molecule has 0 fully saturated rings. The molecule has 0 bridgehead atoms. The van der Waals surface area contributed by atoms with Crippen molar-refractivity contribution in [2.24, 2.45) is 0 Å². The lowest BCUT2D eigenvalue weighted by Crippen LogP contribution is -2.46. The third-order valence-corrected chi connectivity index (χ3v) is 10.6. The van der Waals surface area contributed by atoms with Crippen LogP contribution in [0.3, 0.4) is 0 Å². The van der Waals surface area contributed by atoms with Gasteiger partial charge in [0.05, 0.1) is 25.2 Å². The van der Waals surface area contributed by atoms with Crippen LogP contribution >= 0.6 is 0 Å². The van der Waals surface area contributed by atoms with Crippen molar-refractivity contribution in [1.82, 2.24) is 5.32 Å². The van der Waals surface area contributed by atoms with Crippen LogP contribution in [0.5, 0.6) is 0 Å². The van der Waals surface area contributed by atoms with E-state index in [1.165, 1.54) is 83.5 Å². The lowest BCUT2D eigenvalue weighted by Gasteiger charge is -2.24. The normalized spacial score (nSPS) is 13.7. The molecule has 0 saturated heterocycles. The van der Waals surface area contributed by atoms with Crippen molar-refractivity contribution in [3.8, 4) is 0 Å². The van der Waals surface area contributed by atoms with Crippen molar-refractivity contribution in [3.63, 3.8) is 0 Å². The van der Waals surface area contributed by atoms with E-state index in [1.807, 2.05) is 0 Å². The summed E-state index contributed by atoms with van der Waals surface area (Å²) < 4.78 is 5.90. The van der Waals surface area contributed by atoms with E-state index in [0.29, 0.717) is 19.3 Å². The van der Waals surface area contributed by atoms with Gasteiger partial charge < -0.3 is 20.3 Å². The summed E-state index contributed by atoms with van der Waals surface area (Å²) >= 11 is 0. The largest absolute Gasteiger partial charge is 0.462 e. The molecule has 3 N–H and O–H groups in total. The summed E-state index contributed by atoms with van der Waals surface area (Å²) in [5.74, 6) is -0.515. The van der Waals surface area contributed by atoms with Crippen LogP contribution < -0.4 is 5.32 Å². The Bertz CT molecular complexity index is 972. The van der Waals surface area contributed by atoms with Crippen LogP contribution in [0.1, 0.15) is 233 Å². The number of carbonyl (C=O) groups excluding carboxylic acids is 2. The van der Waals surface area contributed by atoms with Crippen molar-refractivity contribution < 1.29 is 24.5 Å². The van der Waals surface area contributed by atoms with Gasteiger partial charge in [0.2, 0.25) is 5.91 Å². The van der Waals surface area contributed by atoms with E-state index in [0.717, 1.165) is 103 Å². The first-order valence-corrected chi connectivity index (χ1v) is 23.9. The van der Waals surface area contributed by atoms with Crippen molar-refractivity contribution >= 4 is 11.9 Å². The number of esters is 1. The van der Waals surface area contributed by atoms with Crippen LogP contribution in [-0.4, -0.2) is 46.9 Å². The van der Waals surface area contributed by atoms with E-state index in [4.69, 9.17) is 4.74 Å². The van der Waals surface area contributed by atoms with Gasteiger partial charge in [-0.25, -0.2) is 0 Å². The molecule has 56 heavy (non-hydrogen) atoms. The highest BCUT2D eigenvalue weighted by Gasteiger charge is 2.24. The zero-order valence-corrected chi connectivity index (χ0v) is 37.0. The molecule has 0 aromatic rings. The van der Waals surface area contributed by atoms with Crippen molar-refractivity contribution in [1.29, 1.82) is 0 Å². The molecule has 0 aromatic carbocycles. The average Bonchev–Trinajstić information content (AvgIpc) is 3.19. The number of aliphatic hydroxyl groups is 2. The Morgan fingerprint density at radius 2 is 0.964 bits per heavy atom. The maximum Gasteiger partial charge on any atom is 0.306 e. The van der Waals surface area contributed by atoms with Gasteiger partial charge >= 0.3 is 5.97 Å². The van der Waals surface area contributed by atoms with Gasteiger partial charge in [0.1, 0.15) is 6.10 Å². The lowest BCUT2D eigenvalue weighted by atomic mass is 10.0. The van der Waals surface area contributed by atoms with Crippen LogP contribution in [0, 0.1) is 0 Å². The molecule has 0 radical (unpaired) electrons. The zero-order valence-electron chi connectivity index (χ0n) is 37.0. The molecule has 0 saturated carbocycles. The molecular weight excluding hydrogens is 695 g/mol. The van der Waals surface area contributed by atoms with Crippen molar-refractivity contribution in [2.75, 3.05) is 6.61 Å². The summed E-state index contributed by atoms with van der Waals surface area (Å²) in [5.41, 5.74) is 0. The Kier molecular flexibility index (Phi) is 42.2. The fraction of sp³-hybridized carbons (Fsp3) is 0.800. The summed E-state index contributed by atoms with van der Waals surface area (Å²) in [5, 5.41) is 23.6. The molecular formula is C50H91NO5. The van der Waals surface area contributed by atoms with Gasteiger partial charge in [-0.1, -0.05) is 185 Å². The highest BCUT2D eigenvalue weighted by atomic mass is 16.5. The average molecular weight is 786 g/mol. The third-order valence-electron chi connectivity index (χ3n) is 10.6. The van der Waals surface area contributed by atoms with E-state index >= 15 is 0 Å². The second-order valence-corrected chi connectivity index (χ2v) is 16.1. The number of ether oxygens (including phenoxy) is 1. The lowest BCUT2D eigenvalue weighted by molar-refractivity contribution is -0.151. The van der Waals surface area contributed by atoms with E-state index in [-0.39, 0.29) is 24.9 Å². The zero-order chi connectivity index (χ0) is 41.0. The molecule has 3 unspecified atom stereocenters. The van der Waals surface area contributed by atoms with Gasteiger partial charge in [-0.05, 0) is 83.5 Å². The minimum absolute atomic E-state index is 0.0578. The highest BCUT2D eigenvalue weighted by Crippen LogP contribution is 2.17. The van der Waals surface area contributed by atoms with Gasteiger partial charge in [-0.3, -0.25) is 9.59 Å². The summed E-state index contributed by atoms with van der Waals surface area (Å²) in [6, 6.07) is -0.708. The molecule has 6 nitrogen and oxygen atoms in total. The van der Waals surface area contributed by atoms with Gasteiger partial charge in [0.15, 0.2) is 0 Å². The smallest absolute Gasteiger partial charge is 0.306 e. The minimum atomic E-state index is -0.793. The topological polar surface area (TPSA) is 95.9 Å². The molecule has 0 aliphatic rings. The summed E-state index contributed by atoms with van der Waals surface area (Å²) in [4.78, 5) is 26.0. The van der Waals surface area contributed by atoms with Gasteiger partial charge in [-0.15, -0.1) is 0 Å². The first-order valence-electron chi connectivity index (χ1n) is 23.9. The number of hydrogen-bond donors (Lipinski definition) is 3. The number of carbonyl (C=O) groups is 2. The van der Waals surface area contributed by atoms with E-state index in [9.17, 15) is 19.8 Å². The molecule has 3 atom stereocenters. The number of amides is 1. The number of hydrogen-bond acceptors (Lipinski definition) is 5. The van der Waals surface area contributed by atoms with E-state index in [1.54, 1.807) is 0 Å². The van der Waals surface area contributed by atoms with Gasteiger partial charge in [0.25, 0.3) is 0 Å². The number of nitrogens with one attached hydrogen (secondary N) is 1. The van der Waals surface area contributed by atoms with Crippen LogP contribution in [0.15, 0.2) is 48.6 Å². The molecule has 0 spiro atoms. The van der Waals surface area contributed by atoms with Crippen LogP contribution in [0.2, 0.25) is 0 Å². The number of allylic oxidation sites excluding steroid dienone is 8. The fourth-order valence-corrected chi connectivity index (χ4v) is 7.03. The predicted molar refractivity (Wildman–Crippen MR) is 241 cm³/mol. The van der Waals surface area contributed by atoms with E-state index in [2.05, 4.69) is 74.7 Å². The Hall–Kier alpha value is -2.18. The van der Waals surface area contributed by atoms with Crippen molar-refractivity contribution in [3.05, 3.63) is 48.6 Å². The third kappa shape index (κ3) is 38.7. The molecule has 1 amide bonds. The van der Waals surface area contributed by atoms with E-state index < -0.39 is 18.2 Å². The number of unbranched alkanes of at least 4 members (excludes halogenated alkanes) is 22. The predicted octanol–water partition coefficient (Wildman–Crippen LogP) is 13.9. The van der Waals surface area contributed by atoms with Crippen LogP contribution in [0.4, 0.5) is 0 Å². The molecule has 0 aromatic heterocycles. The second-order valence-electron chi connectivity index (χ2n) is 16.1. The molecule has 0 rings (SSSR count). The Labute approximate surface area is 346 Å². The molecule has 326 valence electrons. The standard InChI is InChI=1S/C50H91NO5/c1-4-7-10-13-16-19-21-23-25-27-30-32-35-38-41-46(56-50(55)43-40-37-34-31-28-26-24-22-20-17-14-11-8-5-2)44-49(54)51-47(45-52)48(53)42-39-36-33-29-18-15-12-9-6-3/h8,11,17,20,24-27,46-48,52-53H,4-7,9-10,12-16,18-19,21-23,28-45H2,1-3H3,(H,51,54)/b11-8+,20-17+,26-24+,27-25+. The quantitative estimate of drug-likeness (QED) is 0.0325. The van der Waals surface area contributed by atoms with Gasteiger partial charge in [-0.2, -0.15) is 0 Å². The Morgan fingerprint density at radius 1 is 0.536 bits per heavy atom. The van der Waals surface area contributed by atoms with Crippen LogP contribution in [0.25, 0.3) is 0 Å².